The van der Waals surface area contributed by atoms with Gasteiger partial charge in [-0.15, -0.1) is 0 Å². The number of ketones is 1. The molecule has 8 nitrogen and oxygen atoms in total. The number of amides is 1. The fraction of sp³-hybridized carbons (Fsp3) is 0.324. The van der Waals surface area contributed by atoms with Crippen molar-refractivity contribution in [3.63, 3.8) is 0 Å². The summed E-state index contributed by atoms with van der Waals surface area (Å²) in [5, 5.41) is 12.0. The summed E-state index contributed by atoms with van der Waals surface area (Å²) < 4.78 is 18.2. The molecule has 0 saturated carbocycles. The molecule has 43 heavy (non-hydrogen) atoms. The van der Waals surface area contributed by atoms with Crippen molar-refractivity contribution in [2.75, 3.05) is 25.2 Å². The molecule has 1 saturated heterocycles. The SMILES string of the molecule is CCOc1cccc(/C(O)=C2\C(=O)C(=O)N(c3nc4c(C)cc(C)cc4s3)C2c2ccc(OCCC(C)C)c(OC)c2)c1. The van der Waals surface area contributed by atoms with E-state index in [4.69, 9.17) is 19.2 Å². The Labute approximate surface area is 255 Å². The fourth-order valence-electron chi connectivity index (χ4n) is 5.24. The Kier molecular flexibility index (Phi) is 8.73. The number of hydrogen-bond acceptors (Lipinski definition) is 8. The number of benzene rings is 3. The maximum absolute atomic E-state index is 13.8. The van der Waals surface area contributed by atoms with Crippen molar-refractivity contribution in [1.29, 1.82) is 0 Å². The van der Waals surface area contributed by atoms with Gasteiger partial charge >= 0.3 is 5.91 Å². The topological polar surface area (TPSA) is 98.2 Å². The molecule has 0 bridgehead atoms. The molecule has 0 aliphatic carbocycles. The van der Waals surface area contributed by atoms with Gasteiger partial charge in [-0.2, -0.15) is 0 Å². The molecule has 0 radical (unpaired) electrons. The van der Waals surface area contributed by atoms with Crippen LogP contribution in [0.1, 0.15) is 55.5 Å². The third-order valence-electron chi connectivity index (χ3n) is 7.34. The second kappa shape index (κ2) is 12.5. The number of thiazole rings is 1. The number of carbonyl (C=O) groups is 2. The first-order chi connectivity index (χ1) is 20.6. The summed E-state index contributed by atoms with van der Waals surface area (Å²) in [5.41, 5.74) is 3.71. The normalized spacial score (nSPS) is 16.3. The van der Waals surface area contributed by atoms with Crippen LogP contribution in [0, 0.1) is 19.8 Å². The van der Waals surface area contributed by atoms with Crippen LogP contribution in [0.25, 0.3) is 16.0 Å². The number of carbonyl (C=O) groups excluding carboxylic acids is 2. The minimum absolute atomic E-state index is 0.0404. The molecule has 1 atom stereocenters. The van der Waals surface area contributed by atoms with Gasteiger partial charge in [0.2, 0.25) is 0 Å². The highest BCUT2D eigenvalue weighted by Crippen LogP contribution is 2.46. The van der Waals surface area contributed by atoms with Crippen LogP contribution in [0.3, 0.4) is 0 Å². The molecule has 1 unspecified atom stereocenters. The van der Waals surface area contributed by atoms with E-state index in [1.54, 1.807) is 49.6 Å². The molecule has 5 rings (SSSR count). The van der Waals surface area contributed by atoms with Crippen LogP contribution in [0.5, 0.6) is 17.2 Å². The highest BCUT2D eigenvalue weighted by molar-refractivity contribution is 7.22. The molecular formula is C34H36N2O6S. The number of nitrogens with zero attached hydrogens (tertiary/aromatic N) is 2. The van der Waals surface area contributed by atoms with Gasteiger partial charge in [0, 0.05) is 5.56 Å². The minimum Gasteiger partial charge on any atom is -0.507 e. The molecule has 1 fully saturated rings. The summed E-state index contributed by atoms with van der Waals surface area (Å²) in [4.78, 5) is 33.7. The van der Waals surface area contributed by atoms with E-state index in [2.05, 4.69) is 13.8 Å². The Morgan fingerprint density at radius 2 is 1.84 bits per heavy atom. The quantitative estimate of drug-likeness (QED) is 0.115. The first-order valence-electron chi connectivity index (χ1n) is 14.4. The van der Waals surface area contributed by atoms with Gasteiger partial charge in [-0.3, -0.25) is 14.5 Å². The number of methoxy groups -OCH3 is 1. The summed E-state index contributed by atoms with van der Waals surface area (Å²) in [6.07, 6.45) is 0.877. The van der Waals surface area contributed by atoms with Crippen molar-refractivity contribution in [2.45, 2.75) is 47.1 Å². The minimum atomic E-state index is -0.962. The van der Waals surface area contributed by atoms with Crippen LogP contribution in [0.2, 0.25) is 0 Å². The largest absolute Gasteiger partial charge is 0.507 e. The third kappa shape index (κ3) is 5.95. The zero-order valence-corrected chi connectivity index (χ0v) is 26.1. The van der Waals surface area contributed by atoms with E-state index in [0.29, 0.717) is 52.6 Å². The van der Waals surface area contributed by atoms with Gasteiger partial charge in [0.15, 0.2) is 16.6 Å². The first-order valence-corrected chi connectivity index (χ1v) is 15.2. The van der Waals surface area contributed by atoms with Crippen LogP contribution >= 0.6 is 11.3 Å². The molecule has 9 heteroatoms. The number of aliphatic hydroxyl groups excluding tert-OH is 1. The van der Waals surface area contributed by atoms with Gasteiger partial charge in [-0.1, -0.05) is 49.4 Å². The van der Waals surface area contributed by atoms with Gasteiger partial charge in [0.05, 0.1) is 42.2 Å². The number of aromatic nitrogens is 1. The van der Waals surface area contributed by atoms with Crippen LogP contribution in [-0.4, -0.2) is 42.1 Å². The lowest BCUT2D eigenvalue weighted by molar-refractivity contribution is -0.132. The van der Waals surface area contributed by atoms with Crippen LogP contribution in [0.4, 0.5) is 5.13 Å². The highest BCUT2D eigenvalue weighted by Gasteiger charge is 2.48. The number of ether oxygens (including phenoxy) is 3. The lowest BCUT2D eigenvalue weighted by atomic mass is 9.95. The number of hydrogen-bond donors (Lipinski definition) is 1. The van der Waals surface area contributed by atoms with E-state index >= 15 is 0 Å². The Hall–Kier alpha value is -4.37. The molecule has 4 aromatic rings. The van der Waals surface area contributed by atoms with Gasteiger partial charge in [0.1, 0.15) is 11.5 Å². The lowest BCUT2D eigenvalue weighted by Crippen LogP contribution is -2.29. The maximum atomic E-state index is 13.8. The highest BCUT2D eigenvalue weighted by atomic mass is 32.1. The predicted molar refractivity (Wildman–Crippen MR) is 169 cm³/mol. The van der Waals surface area contributed by atoms with E-state index in [-0.39, 0.29) is 11.3 Å². The van der Waals surface area contributed by atoms with Crippen molar-refractivity contribution in [3.8, 4) is 17.2 Å². The van der Waals surface area contributed by atoms with Gasteiger partial charge < -0.3 is 19.3 Å². The van der Waals surface area contributed by atoms with Crippen LogP contribution < -0.4 is 19.1 Å². The van der Waals surface area contributed by atoms with E-state index in [1.165, 1.54) is 16.2 Å². The summed E-state index contributed by atoms with van der Waals surface area (Å²) in [6, 6.07) is 15.2. The summed E-state index contributed by atoms with van der Waals surface area (Å²) in [5.74, 6) is 0.174. The van der Waals surface area contributed by atoms with E-state index in [1.807, 2.05) is 32.9 Å². The van der Waals surface area contributed by atoms with Crippen molar-refractivity contribution in [1.82, 2.24) is 4.98 Å². The standard InChI is InChI=1S/C34H36N2O6S/c1-7-41-24-10-8-9-23(17-24)31(37)28-30(22-11-12-25(26(18-22)40-6)42-14-13-19(2)3)36(33(39)32(28)38)34-35-29-21(5)15-20(4)16-27(29)43-34/h8-12,15-19,30,37H,7,13-14H2,1-6H3/b31-28+. The molecule has 3 aromatic carbocycles. The zero-order valence-electron chi connectivity index (χ0n) is 25.3. The number of Topliss-reactive ketones (excluding diaryl/α,β-unsaturated/α-hetero) is 1. The molecule has 1 aliphatic rings. The average molecular weight is 601 g/mol. The monoisotopic (exact) mass is 600 g/mol. The summed E-state index contributed by atoms with van der Waals surface area (Å²) >= 11 is 1.33. The Morgan fingerprint density at radius 1 is 1.05 bits per heavy atom. The second-order valence-electron chi connectivity index (χ2n) is 11.0. The predicted octanol–water partition coefficient (Wildman–Crippen LogP) is 7.37. The fourth-order valence-corrected chi connectivity index (χ4v) is 6.41. The molecule has 1 aliphatic heterocycles. The van der Waals surface area contributed by atoms with Crippen molar-refractivity contribution in [2.24, 2.45) is 5.92 Å². The Bertz CT molecular complexity index is 1720. The number of aryl methyl sites for hydroxylation is 2. The third-order valence-corrected chi connectivity index (χ3v) is 8.35. The molecule has 1 N–H and O–H groups in total. The van der Waals surface area contributed by atoms with E-state index in [9.17, 15) is 14.7 Å². The lowest BCUT2D eigenvalue weighted by Gasteiger charge is -2.24. The van der Waals surface area contributed by atoms with Crippen LogP contribution in [0.15, 0.2) is 60.2 Å². The Morgan fingerprint density at radius 3 is 2.56 bits per heavy atom. The smallest absolute Gasteiger partial charge is 0.301 e. The molecule has 0 spiro atoms. The van der Waals surface area contributed by atoms with Gasteiger partial charge in [-0.25, -0.2) is 4.98 Å². The maximum Gasteiger partial charge on any atom is 0.301 e. The van der Waals surface area contributed by atoms with E-state index < -0.39 is 17.7 Å². The molecular weight excluding hydrogens is 564 g/mol. The average Bonchev–Trinajstić information content (AvgIpc) is 3.51. The number of rotatable bonds is 10. The van der Waals surface area contributed by atoms with E-state index in [0.717, 1.165) is 27.8 Å². The molecule has 2 heterocycles. The van der Waals surface area contributed by atoms with Gasteiger partial charge in [0.25, 0.3) is 5.78 Å². The molecule has 224 valence electrons. The Balaban J connectivity index is 1.68. The molecule has 1 aromatic heterocycles. The number of anilines is 1. The number of aliphatic hydroxyl groups is 1. The first kappa shape index (κ1) is 30.1. The number of fused-ring (bicyclic) bond motifs is 1. The van der Waals surface area contributed by atoms with Crippen LogP contribution in [-0.2, 0) is 9.59 Å². The second-order valence-corrected chi connectivity index (χ2v) is 12.0. The summed E-state index contributed by atoms with van der Waals surface area (Å²) in [6.45, 7) is 11.1. The van der Waals surface area contributed by atoms with Gasteiger partial charge in [-0.05, 0) is 80.1 Å². The van der Waals surface area contributed by atoms with Crippen molar-refractivity contribution >= 4 is 44.1 Å². The van der Waals surface area contributed by atoms with Crippen molar-refractivity contribution in [3.05, 3.63) is 82.4 Å². The summed E-state index contributed by atoms with van der Waals surface area (Å²) in [7, 11) is 1.54. The molecule has 1 amide bonds. The zero-order chi connectivity index (χ0) is 30.8. The van der Waals surface area contributed by atoms with Crippen molar-refractivity contribution < 1.29 is 28.9 Å².